The van der Waals surface area contributed by atoms with E-state index in [1.54, 1.807) is 18.2 Å². The van der Waals surface area contributed by atoms with E-state index in [-0.39, 0.29) is 23.4 Å². The van der Waals surface area contributed by atoms with Crippen LogP contribution in [0.15, 0.2) is 24.3 Å². The zero-order chi connectivity index (χ0) is 25.0. The van der Waals surface area contributed by atoms with Gasteiger partial charge in [-0.3, -0.25) is 14.4 Å². The van der Waals surface area contributed by atoms with E-state index in [4.69, 9.17) is 16.3 Å². The van der Waals surface area contributed by atoms with Gasteiger partial charge in [-0.1, -0.05) is 44.5 Å². The van der Waals surface area contributed by atoms with Gasteiger partial charge in [-0.15, -0.1) is 0 Å². The lowest BCUT2D eigenvalue weighted by Gasteiger charge is -2.28. The van der Waals surface area contributed by atoms with Crippen LogP contribution in [0.3, 0.4) is 0 Å². The van der Waals surface area contributed by atoms with Crippen LogP contribution in [0.5, 0.6) is 0 Å². The third kappa shape index (κ3) is 6.28. The molecule has 1 fully saturated rings. The van der Waals surface area contributed by atoms with Gasteiger partial charge >= 0.3 is 5.97 Å². The number of aromatic nitrogens is 1. The minimum atomic E-state index is -1.00. The van der Waals surface area contributed by atoms with E-state index in [9.17, 15) is 19.2 Å². The smallest absolute Gasteiger partial charge is 0.328 e. The first-order valence-corrected chi connectivity index (χ1v) is 11.6. The number of carbonyl (C=O) groups is 4. The van der Waals surface area contributed by atoms with Crippen molar-refractivity contribution in [1.29, 1.82) is 0 Å². The van der Waals surface area contributed by atoms with Crippen LogP contribution >= 0.6 is 11.6 Å². The Kier molecular flexibility index (Phi) is 7.86. The maximum absolute atomic E-state index is 13.2. The van der Waals surface area contributed by atoms with Crippen molar-refractivity contribution < 1.29 is 23.9 Å². The fourth-order valence-electron chi connectivity index (χ4n) is 4.08. The second-order valence-corrected chi connectivity index (χ2v) is 10.2. The van der Waals surface area contributed by atoms with Gasteiger partial charge in [-0.25, -0.2) is 4.79 Å². The first kappa shape index (κ1) is 25.6. The Morgan fingerprint density at radius 3 is 2.53 bits per heavy atom. The molecule has 1 aliphatic rings. The summed E-state index contributed by atoms with van der Waals surface area (Å²) in [7, 11) is 1.23. The molecule has 2 aromatic rings. The van der Waals surface area contributed by atoms with E-state index in [2.05, 4.69) is 20.9 Å². The van der Waals surface area contributed by atoms with Crippen LogP contribution in [-0.2, 0) is 19.1 Å². The zero-order valence-electron chi connectivity index (χ0n) is 19.8. The standard InChI is InChI=1S/C24H31ClN4O5/c1-24(2,3)12-18(29-21(31)16-10-13-6-5-7-15(25)19(13)27-16)22(32)28-17(23(33)34-4)11-14-8-9-26-20(14)30/h5-7,10,14,17-18,27H,8-9,11-12H2,1-4H3,(H,26,30)(H,28,32)(H,29,31)/t14-,17-,18-/m0/s1. The molecule has 0 saturated carbocycles. The van der Waals surface area contributed by atoms with E-state index in [1.165, 1.54) is 7.11 Å². The van der Waals surface area contributed by atoms with Gasteiger partial charge in [0.05, 0.1) is 17.6 Å². The molecule has 1 aliphatic heterocycles. The maximum atomic E-state index is 13.2. The number of amides is 3. The molecule has 0 spiro atoms. The number of esters is 1. The van der Waals surface area contributed by atoms with Gasteiger partial charge in [0, 0.05) is 17.8 Å². The molecule has 4 N–H and O–H groups in total. The summed E-state index contributed by atoms with van der Waals surface area (Å²) in [5.74, 6) is -2.18. The average Bonchev–Trinajstić information content (AvgIpc) is 3.38. The molecule has 1 aromatic carbocycles. The highest BCUT2D eigenvalue weighted by Gasteiger charge is 2.34. The second-order valence-electron chi connectivity index (χ2n) is 9.77. The summed E-state index contributed by atoms with van der Waals surface area (Å²) in [5.41, 5.74) is 0.596. The Hall–Kier alpha value is -3.07. The summed E-state index contributed by atoms with van der Waals surface area (Å²) >= 11 is 6.20. The van der Waals surface area contributed by atoms with Gasteiger partial charge in [0.15, 0.2) is 0 Å². The SMILES string of the molecule is COC(=O)[C@H](C[C@@H]1CCNC1=O)NC(=O)[C@H](CC(C)(C)C)NC(=O)c1cc2cccc(Cl)c2[nH]1. The number of methoxy groups -OCH3 is 1. The molecule has 0 unspecified atom stereocenters. The number of halogens is 1. The number of aromatic amines is 1. The topological polar surface area (TPSA) is 129 Å². The molecule has 10 heteroatoms. The number of carbonyl (C=O) groups excluding carboxylic acids is 4. The van der Waals surface area contributed by atoms with Gasteiger partial charge in [-0.05, 0) is 36.8 Å². The van der Waals surface area contributed by atoms with Crippen LogP contribution in [-0.4, -0.2) is 54.4 Å². The van der Waals surface area contributed by atoms with E-state index < -0.39 is 35.8 Å². The Morgan fingerprint density at radius 1 is 1.21 bits per heavy atom. The van der Waals surface area contributed by atoms with Crippen molar-refractivity contribution in [2.75, 3.05) is 13.7 Å². The van der Waals surface area contributed by atoms with Crippen molar-refractivity contribution in [3.05, 3.63) is 35.0 Å². The third-order valence-corrected chi connectivity index (χ3v) is 6.09. The molecular weight excluding hydrogens is 460 g/mol. The van der Waals surface area contributed by atoms with Gasteiger partial charge in [0.2, 0.25) is 11.8 Å². The number of ether oxygens (including phenoxy) is 1. The Bertz CT molecular complexity index is 1090. The number of H-pyrrole nitrogens is 1. The van der Waals surface area contributed by atoms with Gasteiger partial charge in [-0.2, -0.15) is 0 Å². The number of fused-ring (bicyclic) bond motifs is 1. The molecular formula is C24H31ClN4O5. The van der Waals surface area contributed by atoms with Crippen molar-refractivity contribution in [3.63, 3.8) is 0 Å². The zero-order valence-corrected chi connectivity index (χ0v) is 20.5. The molecule has 0 aliphatic carbocycles. The van der Waals surface area contributed by atoms with E-state index in [1.807, 2.05) is 26.8 Å². The van der Waals surface area contributed by atoms with Crippen molar-refractivity contribution in [3.8, 4) is 0 Å². The number of benzene rings is 1. The van der Waals surface area contributed by atoms with Gasteiger partial charge in [0.25, 0.3) is 5.91 Å². The summed E-state index contributed by atoms with van der Waals surface area (Å²) in [4.78, 5) is 53.6. The molecule has 1 saturated heterocycles. The first-order chi connectivity index (χ1) is 16.0. The first-order valence-electron chi connectivity index (χ1n) is 11.2. The Labute approximate surface area is 203 Å². The lowest BCUT2D eigenvalue weighted by molar-refractivity contribution is -0.146. The minimum Gasteiger partial charge on any atom is -0.467 e. The molecule has 3 amide bonds. The van der Waals surface area contributed by atoms with Crippen LogP contribution in [0.1, 0.15) is 50.5 Å². The maximum Gasteiger partial charge on any atom is 0.328 e. The molecule has 1 aromatic heterocycles. The predicted molar refractivity (Wildman–Crippen MR) is 128 cm³/mol. The number of hydrogen-bond acceptors (Lipinski definition) is 5. The van der Waals surface area contributed by atoms with Crippen LogP contribution in [0.4, 0.5) is 0 Å². The van der Waals surface area contributed by atoms with Gasteiger partial charge in [0.1, 0.15) is 17.8 Å². The highest BCUT2D eigenvalue weighted by Crippen LogP contribution is 2.25. The normalized spacial score (nSPS) is 17.7. The van der Waals surface area contributed by atoms with E-state index in [0.29, 0.717) is 29.9 Å². The average molecular weight is 491 g/mol. The molecule has 9 nitrogen and oxygen atoms in total. The molecule has 34 heavy (non-hydrogen) atoms. The van der Waals surface area contributed by atoms with Crippen molar-refractivity contribution in [2.24, 2.45) is 11.3 Å². The number of hydrogen-bond donors (Lipinski definition) is 4. The lowest BCUT2D eigenvalue weighted by Crippen LogP contribution is -2.53. The van der Waals surface area contributed by atoms with Gasteiger partial charge < -0.3 is 25.7 Å². The Morgan fingerprint density at radius 2 is 1.94 bits per heavy atom. The molecule has 0 radical (unpaired) electrons. The highest BCUT2D eigenvalue weighted by molar-refractivity contribution is 6.35. The third-order valence-electron chi connectivity index (χ3n) is 5.77. The molecule has 0 bridgehead atoms. The van der Waals surface area contributed by atoms with Crippen molar-refractivity contribution >= 4 is 46.2 Å². The van der Waals surface area contributed by atoms with Crippen LogP contribution < -0.4 is 16.0 Å². The highest BCUT2D eigenvalue weighted by atomic mass is 35.5. The van der Waals surface area contributed by atoms with Crippen LogP contribution in [0.25, 0.3) is 10.9 Å². The Balaban J connectivity index is 1.78. The fourth-order valence-corrected chi connectivity index (χ4v) is 4.31. The second kappa shape index (κ2) is 10.5. The van der Waals surface area contributed by atoms with E-state index >= 15 is 0 Å². The summed E-state index contributed by atoms with van der Waals surface area (Å²) < 4.78 is 4.84. The number of nitrogens with one attached hydrogen (secondary N) is 4. The minimum absolute atomic E-state index is 0.126. The summed E-state index contributed by atoms with van der Waals surface area (Å²) in [6.07, 6.45) is 1.03. The van der Waals surface area contributed by atoms with Crippen molar-refractivity contribution in [2.45, 2.75) is 52.1 Å². The molecule has 2 heterocycles. The van der Waals surface area contributed by atoms with Crippen molar-refractivity contribution in [1.82, 2.24) is 20.9 Å². The largest absolute Gasteiger partial charge is 0.467 e. The monoisotopic (exact) mass is 490 g/mol. The predicted octanol–water partition coefficient (Wildman–Crippen LogP) is 2.54. The molecule has 3 rings (SSSR count). The fraction of sp³-hybridized carbons (Fsp3) is 0.500. The molecule has 3 atom stereocenters. The number of para-hydroxylation sites is 1. The number of rotatable bonds is 8. The van der Waals surface area contributed by atoms with Crippen LogP contribution in [0.2, 0.25) is 5.02 Å². The van der Waals surface area contributed by atoms with Crippen LogP contribution in [0, 0.1) is 11.3 Å². The summed E-state index contributed by atoms with van der Waals surface area (Å²) in [6, 6.07) is 5.08. The lowest BCUT2D eigenvalue weighted by atomic mass is 9.87. The molecule has 184 valence electrons. The summed E-state index contributed by atoms with van der Waals surface area (Å²) in [6.45, 7) is 6.37. The quantitative estimate of drug-likeness (QED) is 0.422. The summed E-state index contributed by atoms with van der Waals surface area (Å²) in [5, 5.41) is 9.45. The van der Waals surface area contributed by atoms with E-state index in [0.717, 1.165) is 5.39 Å².